The van der Waals surface area contributed by atoms with E-state index < -0.39 is 0 Å². The number of hydrogen-bond donors (Lipinski definition) is 2. The van der Waals surface area contributed by atoms with E-state index in [2.05, 4.69) is 27.3 Å². The number of nitrogens with one attached hydrogen (secondary N) is 1. The highest BCUT2D eigenvalue weighted by Gasteiger charge is 2.20. The normalized spacial score (nSPS) is 12.1. The van der Waals surface area contributed by atoms with Gasteiger partial charge in [-0.1, -0.05) is 60.7 Å². The predicted octanol–water partition coefficient (Wildman–Crippen LogP) is 2.85. The van der Waals surface area contributed by atoms with Crippen molar-refractivity contribution in [2.45, 2.75) is 12.5 Å². The maximum atomic E-state index is 12.8. The molecule has 28 heavy (non-hydrogen) atoms. The summed E-state index contributed by atoms with van der Waals surface area (Å²) in [5.74, 6) is -0.0226. The summed E-state index contributed by atoms with van der Waals surface area (Å²) in [6.45, 7) is 2.32. The van der Waals surface area contributed by atoms with Crippen molar-refractivity contribution >= 4 is 17.2 Å². The van der Waals surface area contributed by atoms with Gasteiger partial charge in [-0.3, -0.25) is 9.69 Å². The minimum absolute atomic E-state index is 0.0226. The molecule has 1 aromatic heterocycles. The molecule has 3 aromatic rings. The van der Waals surface area contributed by atoms with Crippen LogP contribution in [0.25, 0.3) is 0 Å². The van der Waals surface area contributed by atoms with Crippen molar-refractivity contribution < 1.29 is 4.79 Å². The zero-order valence-corrected chi connectivity index (χ0v) is 16.6. The molecule has 0 aliphatic carbocycles. The van der Waals surface area contributed by atoms with Crippen molar-refractivity contribution in [2.75, 3.05) is 26.2 Å². The van der Waals surface area contributed by atoms with Crippen molar-refractivity contribution in [2.24, 2.45) is 5.73 Å². The molecule has 0 saturated carbocycles. The first-order valence-electron chi connectivity index (χ1n) is 9.46. The van der Waals surface area contributed by atoms with Gasteiger partial charge in [0.05, 0.1) is 6.54 Å². The molecule has 6 heteroatoms. The van der Waals surface area contributed by atoms with Crippen molar-refractivity contribution in [3.8, 4) is 0 Å². The van der Waals surface area contributed by atoms with Gasteiger partial charge >= 0.3 is 0 Å². The highest BCUT2D eigenvalue weighted by molar-refractivity contribution is 7.09. The van der Waals surface area contributed by atoms with Gasteiger partial charge in [0.15, 0.2) is 0 Å². The maximum Gasteiger partial charge on any atom is 0.235 e. The monoisotopic (exact) mass is 394 g/mol. The van der Waals surface area contributed by atoms with E-state index in [-0.39, 0.29) is 11.9 Å². The number of hydrogen-bond acceptors (Lipinski definition) is 5. The van der Waals surface area contributed by atoms with Crippen LogP contribution >= 0.6 is 11.3 Å². The van der Waals surface area contributed by atoms with Gasteiger partial charge in [0, 0.05) is 31.2 Å². The molecule has 1 amide bonds. The standard InChI is InChI=1S/C22H26N4OS/c23-12-15-26(14-11-18-7-3-1-4-8-18)17-20(27)25-21(22-24-13-16-28-22)19-9-5-2-6-10-19/h1-10,13,16,21H,11-12,14-15,17,23H2,(H,25,27). The van der Waals surface area contributed by atoms with Gasteiger partial charge in [0.1, 0.15) is 11.0 Å². The second kappa shape index (κ2) is 10.7. The third-order valence-electron chi connectivity index (χ3n) is 4.51. The van der Waals surface area contributed by atoms with E-state index in [1.54, 1.807) is 17.5 Å². The van der Waals surface area contributed by atoms with Crippen molar-refractivity contribution in [3.63, 3.8) is 0 Å². The van der Waals surface area contributed by atoms with E-state index in [0.717, 1.165) is 23.5 Å². The molecule has 0 aliphatic heterocycles. The van der Waals surface area contributed by atoms with E-state index in [1.807, 2.05) is 53.9 Å². The Balaban J connectivity index is 1.63. The van der Waals surface area contributed by atoms with Gasteiger partial charge in [-0.2, -0.15) is 0 Å². The molecule has 2 aromatic carbocycles. The first-order chi connectivity index (χ1) is 13.8. The first-order valence-corrected chi connectivity index (χ1v) is 10.3. The number of rotatable bonds is 10. The fourth-order valence-corrected chi connectivity index (χ4v) is 3.82. The SMILES string of the molecule is NCCN(CCc1ccccc1)CC(=O)NC(c1ccccc1)c1nccs1. The molecule has 3 N–H and O–H groups in total. The molecule has 0 fully saturated rings. The second-order valence-corrected chi connectivity index (χ2v) is 7.51. The topological polar surface area (TPSA) is 71.2 Å². The van der Waals surface area contributed by atoms with E-state index in [9.17, 15) is 4.79 Å². The Morgan fingerprint density at radius 3 is 2.43 bits per heavy atom. The Hall–Kier alpha value is -2.54. The van der Waals surface area contributed by atoms with Crippen molar-refractivity contribution in [1.82, 2.24) is 15.2 Å². The molecule has 0 saturated heterocycles. The fraction of sp³-hybridized carbons (Fsp3) is 0.273. The van der Waals surface area contributed by atoms with E-state index >= 15 is 0 Å². The van der Waals surface area contributed by atoms with Gasteiger partial charge in [0.25, 0.3) is 0 Å². The molecule has 1 atom stereocenters. The lowest BCUT2D eigenvalue weighted by molar-refractivity contribution is -0.122. The summed E-state index contributed by atoms with van der Waals surface area (Å²) in [5.41, 5.74) is 8.05. The summed E-state index contributed by atoms with van der Waals surface area (Å²) in [7, 11) is 0. The van der Waals surface area contributed by atoms with Gasteiger partial charge in [-0.05, 0) is 17.5 Å². The van der Waals surface area contributed by atoms with Crippen LogP contribution in [0.3, 0.4) is 0 Å². The molecule has 0 radical (unpaired) electrons. The summed E-state index contributed by atoms with van der Waals surface area (Å²) < 4.78 is 0. The van der Waals surface area contributed by atoms with Crippen LogP contribution in [0.15, 0.2) is 72.2 Å². The van der Waals surface area contributed by atoms with Crippen LogP contribution in [-0.2, 0) is 11.2 Å². The fourth-order valence-electron chi connectivity index (χ4n) is 3.10. The maximum absolute atomic E-state index is 12.8. The van der Waals surface area contributed by atoms with Gasteiger partial charge in [-0.15, -0.1) is 11.3 Å². The number of thiazole rings is 1. The van der Waals surface area contributed by atoms with Gasteiger partial charge in [-0.25, -0.2) is 4.98 Å². The second-order valence-electron chi connectivity index (χ2n) is 6.58. The molecular weight excluding hydrogens is 368 g/mol. The third kappa shape index (κ3) is 5.99. The number of benzene rings is 2. The molecule has 3 rings (SSSR count). The highest BCUT2D eigenvalue weighted by atomic mass is 32.1. The van der Waals surface area contributed by atoms with Crippen LogP contribution < -0.4 is 11.1 Å². The number of amides is 1. The summed E-state index contributed by atoms with van der Waals surface area (Å²) in [4.78, 5) is 19.3. The molecule has 1 unspecified atom stereocenters. The van der Waals surface area contributed by atoms with Crippen LogP contribution in [0.4, 0.5) is 0 Å². The van der Waals surface area contributed by atoms with Gasteiger partial charge < -0.3 is 11.1 Å². The highest BCUT2D eigenvalue weighted by Crippen LogP contribution is 2.23. The number of aromatic nitrogens is 1. The van der Waals surface area contributed by atoms with Crippen LogP contribution in [0.5, 0.6) is 0 Å². The average Bonchev–Trinajstić information content (AvgIpc) is 3.26. The minimum Gasteiger partial charge on any atom is -0.342 e. The van der Waals surface area contributed by atoms with Crippen LogP contribution in [0.1, 0.15) is 22.2 Å². The molecule has 0 spiro atoms. The molecule has 1 heterocycles. The van der Waals surface area contributed by atoms with Crippen LogP contribution in [-0.4, -0.2) is 42.0 Å². The Labute approximate surface area is 170 Å². The van der Waals surface area contributed by atoms with E-state index in [4.69, 9.17) is 5.73 Å². The summed E-state index contributed by atoms with van der Waals surface area (Å²) in [6.07, 6.45) is 2.66. The first kappa shape index (κ1) is 20.2. The van der Waals surface area contributed by atoms with Gasteiger partial charge in [0.2, 0.25) is 5.91 Å². The Bertz CT molecular complexity index is 824. The summed E-state index contributed by atoms with van der Waals surface area (Å²) in [5, 5.41) is 5.96. The minimum atomic E-state index is -0.234. The Morgan fingerprint density at radius 1 is 1.07 bits per heavy atom. The van der Waals surface area contributed by atoms with E-state index in [1.165, 1.54) is 5.56 Å². The Morgan fingerprint density at radius 2 is 1.79 bits per heavy atom. The summed E-state index contributed by atoms with van der Waals surface area (Å²) in [6, 6.07) is 20.0. The molecular formula is C22H26N4OS. The quantitative estimate of drug-likeness (QED) is 0.555. The predicted molar refractivity (Wildman–Crippen MR) is 114 cm³/mol. The number of nitrogens with zero attached hydrogens (tertiary/aromatic N) is 2. The molecule has 5 nitrogen and oxygen atoms in total. The van der Waals surface area contributed by atoms with Crippen LogP contribution in [0.2, 0.25) is 0 Å². The van der Waals surface area contributed by atoms with Crippen molar-refractivity contribution in [1.29, 1.82) is 0 Å². The Kier molecular flexibility index (Phi) is 7.72. The third-order valence-corrected chi connectivity index (χ3v) is 5.35. The molecule has 0 bridgehead atoms. The average molecular weight is 395 g/mol. The smallest absolute Gasteiger partial charge is 0.235 e. The number of carbonyl (C=O) groups is 1. The molecule has 0 aliphatic rings. The summed E-state index contributed by atoms with van der Waals surface area (Å²) >= 11 is 1.55. The lowest BCUT2D eigenvalue weighted by Crippen LogP contribution is -2.41. The number of nitrogens with two attached hydrogens (primary N) is 1. The lowest BCUT2D eigenvalue weighted by Gasteiger charge is -2.23. The van der Waals surface area contributed by atoms with Crippen molar-refractivity contribution in [3.05, 3.63) is 88.4 Å². The van der Waals surface area contributed by atoms with E-state index in [0.29, 0.717) is 19.6 Å². The number of carbonyl (C=O) groups excluding carboxylic acids is 1. The largest absolute Gasteiger partial charge is 0.342 e. The molecule has 146 valence electrons. The lowest BCUT2D eigenvalue weighted by atomic mass is 10.1. The van der Waals surface area contributed by atoms with Crippen LogP contribution in [0, 0.1) is 0 Å². The zero-order chi connectivity index (χ0) is 19.6. The zero-order valence-electron chi connectivity index (χ0n) is 15.8.